The molecule has 0 aliphatic carbocycles. The maximum atomic E-state index is 11.7. The third kappa shape index (κ3) is 3.55. The zero-order chi connectivity index (χ0) is 14.3. The van der Waals surface area contributed by atoms with Gasteiger partial charge in [-0.05, 0) is 26.0 Å². The number of benzene rings is 1. The quantitative estimate of drug-likeness (QED) is 0.353. The lowest BCUT2D eigenvalue weighted by atomic mass is 10.1. The van der Waals surface area contributed by atoms with E-state index in [4.69, 9.17) is 11.2 Å². The first-order chi connectivity index (χ1) is 9.17. The summed E-state index contributed by atoms with van der Waals surface area (Å²) in [6.45, 7) is 5.39. The van der Waals surface area contributed by atoms with Crippen molar-refractivity contribution in [3.8, 4) is 12.3 Å². The summed E-state index contributed by atoms with van der Waals surface area (Å²) < 4.78 is 4.71. The lowest BCUT2D eigenvalue weighted by Crippen LogP contribution is -2.14. The highest BCUT2D eigenvalue weighted by Crippen LogP contribution is 2.25. The van der Waals surface area contributed by atoms with Gasteiger partial charge in [0.05, 0.1) is 18.2 Å². The number of hydrogen-bond acceptors (Lipinski definition) is 4. The van der Waals surface area contributed by atoms with E-state index in [1.807, 2.05) is 13.8 Å². The van der Waals surface area contributed by atoms with Crippen molar-refractivity contribution in [2.24, 2.45) is 10.3 Å². The van der Waals surface area contributed by atoms with E-state index in [0.717, 1.165) is 13.1 Å². The number of hydrogen-bond donors (Lipinski definition) is 0. The molecule has 19 heavy (non-hydrogen) atoms. The molecule has 0 aliphatic rings. The van der Waals surface area contributed by atoms with Gasteiger partial charge in [0, 0.05) is 13.1 Å². The highest BCUT2D eigenvalue weighted by atomic mass is 16.5. The molecule has 5 heteroatoms. The van der Waals surface area contributed by atoms with Crippen LogP contribution in [0.1, 0.15) is 29.8 Å². The van der Waals surface area contributed by atoms with Gasteiger partial charge in [0.15, 0.2) is 0 Å². The van der Waals surface area contributed by atoms with Gasteiger partial charge in [-0.1, -0.05) is 17.2 Å². The summed E-state index contributed by atoms with van der Waals surface area (Å²) in [6.07, 6.45) is 5.42. The third-order valence-electron chi connectivity index (χ3n) is 2.60. The van der Waals surface area contributed by atoms with Crippen LogP contribution in [0.3, 0.4) is 0 Å². The van der Waals surface area contributed by atoms with Crippen LogP contribution in [0, 0.1) is 12.3 Å². The van der Waals surface area contributed by atoms with Crippen LogP contribution in [0.4, 0.5) is 5.69 Å². The first kappa shape index (κ1) is 14.7. The average molecular weight is 259 g/mol. The maximum absolute atomic E-state index is 11.7. The maximum Gasteiger partial charge on any atom is 0.340 e. The van der Waals surface area contributed by atoms with Crippen LogP contribution in [0.15, 0.2) is 28.5 Å². The monoisotopic (exact) mass is 259 g/mol. The predicted octanol–water partition coefficient (Wildman–Crippen LogP) is 2.80. The number of rotatable bonds is 5. The standard InChI is InChI=1S/C14H17N3O2/c1-5-11-9-8-10-12(14(18)19-4)13(11)15-16-17(6-2)7-3/h1,8-10H,6-7H2,2-4H3. The van der Waals surface area contributed by atoms with Crippen molar-refractivity contribution in [3.63, 3.8) is 0 Å². The molecule has 0 bridgehead atoms. The summed E-state index contributed by atoms with van der Waals surface area (Å²) in [7, 11) is 1.32. The van der Waals surface area contributed by atoms with E-state index in [-0.39, 0.29) is 0 Å². The van der Waals surface area contributed by atoms with E-state index < -0.39 is 5.97 Å². The molecular weight excluding hydrogens is 242 g/mol. The van der Waals surface area contributed by atoms with Crippen molar-refractivity contribution in [1.29, 1.82) is 0 Å². The van der Waals surface area contributed by atoms with E-state index in [1.165, 1.54) is 7.11 Å². The summed E-state index contributed by atoms with van der Waals surface area (Å²) in [5.41, 5.74) is 1.19. The molecule has 0 aromatic heterocycles. The fourth-order valence-corrected chi connectivity index (χ4v) is 1.50. The number of terminal acetylenes is 1. The van der Waals surface area contributed by atoms with Crippen molar-refractivity contribution in [2.45, 2.75) is 13.8 Å². The predicted molar refractivity (Wildman–Crippen MR) is 73.2 cm³/mol. The molecule has 0 radical (unpaired) electrons. The third-order valence-corrected chi connectivity index (χ3v) is 2.60. The second kappa shape index (κ2) is 7.17. The van der Waals surface area contributed by atoms with Crippen molar-refractivity contribution < 1.29 is 9.53 Å². The topological polar surface area (TPSA) is 54.3 Å². The van der Waals surface area contributed by atoms with Gasteiger partial charge in [-0.25, -0.2) is 4.79 Å². The molecular formula is C14H17N3O2. The largest absolute Gasteiger partial charge is 0.465 e. The normalized spacial score (nSPS) is 10.2. The van der Waals surface area contributed by atoms with Gasteiger partial charge in [0.1, 0.15) is 5.69 Å². The Morgan fingerprint density at radius 2 is 2.11 bits per heavy atom. The minimum atomic E-state index is -0.481. The van der Waals surface area contributed by atoms with Crippen molar-refractivity contribution >= 4 is 11.7 Å². The Hall–Kier alpha value is -2.35. The molecule has 0 heterocycles. The Kier molecular flexibility index (Phi) is 5.55. The molecule has 100 valence electrons. The van der Waals surface area contributed by atoms with Crippen LogP contribution < -0.4 is 0 Å². The van der Waals surface area contributed by atoms with Crippen LogP contribution in [0.5, 0.6) is 0 Å². The van der Waals surface area contributed by atoms with Gasteiger partial charge in [0.2, 0.25) is 0 Å². The minimum Gasteiger partial charge on any atom is -0.465 e. The summed E-state index contributed by atoms with van der Waals surface area (Å²) in [5, 5.41) is 9.93. The van der Waals surface area contributed by atoms with E-state index >= 15 is 0 Å². The average Bonchev–Trinajstić information content (AvgIpc) is 2.47. The molecule has 0 atom stereocenters. The molecule has 0 fully saturated rings. The SMILES string of the molecule is C#Cc1cccc(C(=O)OC)c1N=NN(CC)CC. The van der Waals surface area contributed by atoms with Crippen LogP contribution in [-0.4, -0.2) is 31.2 Å². The molecule has 0 amide bonds. The number of carbonyl (C=O) groups is 1. The first-order valence-corrected chi connectivity index (χ1v) is 6.02. The molecule has 0 saturated carbocycles. The lowest BCUT2D eigenvalue weighted by Gasteiger charge is -2.12. The van der Waals surface area contributed by atoms with E-state index in [0.29, 0.717) is 16.8 Å². The number of nitrogens with zero attached hydrogens (tertiary/aromatic N) is 3. The Balaban J connectivity index is 3.23. The summed E-state index contributed by atoms with van der Waals surface area (Å²) in [6, 6.07) is 5.02. The lowest BCUT2D eigenvalue weighted by molar-refractivity contribution is 0.0601. The fourth-order valence-electron chi connectivity index (χ4n) is 1.50. The summed E-state index contributed by atoms with van der Waals surface area (Å²) >= 11 is 0. The van der Waals surface area contributed by atoms with Gasteiger partial charge in [-0.3, -0.25) is 5.01 Å². The molecule has 5 nitrogen and oxygen atoms in total. The van der Waals surface area contributed by atoms with Crippen molar-refractivity contribution in [3.05, 3.63) is 29.3 Å². The number of ether oxygens (including phenoxy) is 1. The smallest absolute Gasteiger partial charge is 0.340 e. The number of esters is 1. The van der Waals surface area contributed by atoms with Crippen LogP contribution in [0.2, 0.25) is 0 Å². The van der Waals surface area contributed by atoms with Crippen LogP contribution in [-0.2, 0) is 4.74 Å². The summed E-state index contributed by atoms with van der Waals surface area (Å²) in [4.78, 5) is 11.7. The molecule has 0 spiro atoms. The fraction of sp³-hybridized carbons (Fsp3) is 0.357. The van der Waals surface area contributed by atoms with Gasteiger partial charge in [-0.15, -0.1) is 11.5 Å². The molecule has 1 aromatic carbocycles. The Morgan fingerprint density at radius 3 is 2.63 bits per heavy atom. The Morgan fingerprint density at radius 1 is 1.42 bits per heavy atom. The van der Waals surface area contributed by atoms with Gasteiger partial charge >= 0.3 is 5.97 Å². The highest BCUT2D eigenvalue weighted by Gasteiger charge is 2.14. The molecule has 0 saturated heterocycles. The van der Waals surface area contributed by atoms with Gasteiger partial charge < -0.3 is 4.74 Å². The Bertz CT molecular complexity index is 514. The van der Waals surface area contributed by atoms with E-state index in [9.17, 15) is 4.79 Å². The molecule has 1 rings (SSSR count). The zero-order valence-electron chi connectivity index (χ0n) is 11.4. The van der Waals surface area contributed by atoms with Gasteiger partial charge in [-0.2, -0.15) is 0 Å². The van der Waals surface area contributed by atoms with Gasteiger partial charge in [0.25, 0.3) is 0 Å². The van der Waals surface area contributed by atoms with Crippen LogP contribution >= 0.6 is 0 Å². The van der Waals surface area contributed by atoms with E-state index in [1.54, 1.807) is 23.2 Å². The number of carbonyl (C=O) groups excluding carboxylic acids is 1. The Labute approximate surface area is 113 Å². The second-order valence-electron chi connectivity index (χ2n) is 3.67. The molecule has 0 N–H and O–H groups in total. The summed E-state index contributed by atoms with van der Waals surface area (Å²) in [5.74, 6) is 2.01. The van der Waals surface area contributed by atoms with E-state index in [2.05, 4.69) is 16.3 Å². The highest BCUT2D eigenvalue weighted by molar-refractivity contribution is 5.96. The first-order valence-electron chi connectivity index (χ1n) is 6.02. The minimum absolute atomic E-state index is 0.314. The van der Waals surface area contributed by atoms with Crippen LogP contribution in [0.25, 0.3) is 0 Å². The molecule has 1 aromatic rings. The number of methoxy groups -OCH3 is 1. The van der Waals surface area contributed by atoms with Crippen molar-refractivity contribution in [1.82, 2.24) is 5.01 Å². The second-order valence-corrected chi connectivity index (χ2v) is 3.67. The molecule has 0 unspecified atom stereocenters. The molecule has 0 aliphatic heterocycles. The zero-order valence-corrected chi connectivity index (χ0v) is 11.4. The van der Waals surface area contributed by atoms with Crippen molar-refractivity contribution in [2.75, 3.05) is 20.2 Å².